The van der Waals surface area contributed by atoms with E-state index in [1.807, 2.05) is 77.4 Å². The van der Waals surface area contributed by atoms with Gasteiger partial charge in [-0.3, -0.25) is 4.57 Å². The van der Waals surface area contributed by atoms with Gasteiger partial charge in [-0.15, -0.1) is 20.4 Å². The van der Waals surface area contributed by atoms with Crippen LogP contribution in [0.3, 0.4) is 0 Å². The standard InChI is InChI=1S/C22H17N5O2S/c1-3-8-16(9-4-1)20-24-26-22(27(20)14-18-12-7-13-28-18)30-15-19-23-25-21(29-19)17-10-5-2-6-11-17/h1-13H,14-15H2. The van der Waals surface area contributed by atoms with Crippen molar-refractivity contribution >= 4 is 11.8 Å². The molecule has 2 aromatic carbocycles. The number of benzene rings is 2. The van der Waals surface area contributed by atoms with Crippen LogP contribution in [0, 0.1) is 0 Å². The highest BCUT2D eigenvalue weighted by atomic mass is 32.2. The van der Waals surface area contributed by atoms with E-state index in [0.29, 0.717) is 24.1 Å². The second-order valence-electron chi connectivity index (χ2n) is 6.49. The van der Waals surface area contributed by atoms with E-state index in [0.717, 1.165) is 27.9 Å². The van der Waals surface area contributed by atoms with E-state index in [1.165, 1.54) is 11.8 Å². The Hall–Kier alpha value is -3.65. The van der Waals surface area contributed by atoms with Gasteiger partial charge >= 0.3 is 0 Å². The number of nitrogens with zero attached hydrogens (tertiary/aromatic N) is 5. The van der Waals surface area contributed by atoms with Crippen molar-refractivity contribution in [2.75, 3.05) is 0 Å². The van der Waals surface area contributed by atoms with Crippen molar-refractivity contribution in [3.8, 4) is 22.8 Å². The third-order valence-corrected chi connectivity index (χ3v) is 5.41. The number of furan rings is 1. The lowest BCUT2D eigenvalue weighted by atomic mass is 10.2. The number of rotatable bonds is 7. The molecule has 0 bridgehead atoms. The average Bonchev–Trinajstić information content (AvgIpc) is 3.56. The Balaban J connectivity index is 1.39. The number of hydrogen-bond acceptors (Lipinski definition) is 7. The molecule has 0 fully saturated rings. The summed E-state index contributed by atoms with van der Waals surface area (Å²) in [5, 5.41) is 17.9. The van der Waals surface area contributed by atoms with Crippen LogP contribution < -0.4 is 0 Å². The normalized spacial score (nSPS) is 11.1. The molecule has 7 nitrogen and oxygen atoms in total. The molecule has 0 saturated heterocycles. The summed E-state index contributed by atoms with van der Waals surface area (Å²) in [5.41, 5.74) is 1.89. The molecule has 5 aromatic rings. The van der Waals surface area contributed by atoms with Gasteiger partial charge in [0.25, 0.3) is 0 Å². The van der Waals surface area contributed by atoms with Gasteiger partial charge in [0.1, 0.15) is 5.76 Å². The van der Waals surface area contributed by atoms with E-state index < -0.39 is 0 Å². The third-order valence-electron chi connectivity index (χ3n) is 4.46. The molecule has 0 amide bonds. The molecular weight excluding hydrogens is 398 g/mol. The van der Waals surface area contributed by atoms with Crippen molar-refractivity contribution in [1.82, 2.24) is 25.0 Å². The lowest BCUT2D eigenvalue weighted by molar-refractivity contribution is 0.485. The van der Waals surface area contributed by atoms with E-state index in [-0.39, 0.29) is 0 Å². The van der Waals surface area contributed by atoms with Crippen LogP contribution in [0.4, 0.5) is 0 Å². The average molecular weight is 415 g/mol. The van der Waals surface area contributed by atoms with E-state index in [1.54, 1.807) is 6.26 Å². The summed E-state index contributed by atoms with van der Waals surface area (Å²) in [4.78, 5) is 0. The zero-order chi connectivity index (χ0) is 20.2. The minimum atomic E-state index is 0.491. The Morgan fingerprint density at radius 3 is 2.27 bits per heavy atom. The Bertz CT molecular complexity index is 1220. The molecule has 0 radical (unpaired) electrons. The van der Waals surface area contributed by atoms with Crippen LogP contribution in [0.1, 0.15) is 11.7 Å². The van der Waals surface area contributed by atoms with E-state index >= 15 is 0 Å². The molecule has 0 N–H and O–H groups in total. The van der Waals surface area contributed by atoms with Gasteiger partial charge in [0.05, 0.1) is 18.6 Å². The molecule has 0 aliphatic rings. The predicted octanol–water partition coefficient (Wildman–Crippen LogP) is 4.93. The highest BCUT2D eigenvalue weighted by Crippen LogP contribution is 2.28. The molecular formula is C22H17N5O2S. The Kier molecular flexibility index (Phi) is 5.14. The molecule has 0 saturated carbocycles. The van der Waals surface area contributed by atoms with Gasteiger partial charge in [-0.2, -0.15) is 0 Å². The van der Waals surface area contributed by atoms with Crippen molar-refractivity contribution in [3.05, 3.63) is 90.7 Å². The lowest BCUT2D eigenvalue weighted by Gasteiger charge is -2.08. The first-order chi connectivity index (χ1) is 14.9. The molecule has 0 unspecified atom stereocenters. The van der Waals surface area contributed by atoms with E-state index in [9.17, 15) is 0 Å². The number of aromatic nitrogens is 5. The van der Waals surface area contributed by atoms with Crippen LogP contribution in [0.2, 0.25) is 0 Å². The van der Waals surface area contributed by atoms with Crippen LogP contribution in [0.15, 0.2) is 93.1 Å². The summed E-state index contributed by atoms with van der Waals surface area (Å²) >= 11 is 1.50. The number of hydrogen-bond donors (Lipinski definition) is 0. The van der Waals surface area contributed by atoms with Gasteiger partial charge < -0.3 is 8.83 Å². The Morgan fingerprint density at radius 1 is 0.767 bits per heavy atom. The van der Waals surface area contributed by atoms with Gasteiger partial charge in [-0.05, 0) is 24.3 Å². The summed E-state index contributed by atoms with van der Waals surface area (Å²) in [7, 11) is 0. The zero-order valence-corrected chi connectivity index (χ0v) is 16.7. The van der Waals surface area contributed by atoms with Crippen LogP contribution in [-0.2, 0) is 12.3 Å². The van der Waals surface area contributed by atoms with Gasteiger partial charge in [-0.1, -0.05) is 60.3 Å². The van der Waals surface area contributed by atoms with Crippen molar-refractivity contribution in [1.29, 1.82) is 0 Å². The zero-order valence-electron chi connectivity index (χ0n) is 15.9. The molecule has 5 rings (SSSR count). The summed E-state index contributed by atoms with van der Waals surface area (Å²) in [6.07, 6.45) is 1.66. The lowest BCUT2D eigenvalue weighted by Crippen LogP contribution is -2.03. The molecule has 0 aliphatic heterocycles. The van der Waals surface area contributed by atoms with Crippen molar-refractivity contribution in [2.45, 2.75) is 17.5 Å². The third kappa shape index (κ3) is 3.90. The summed E-state index contributed by atoms with van der Waals surface area (Å²) in [5.74, 6) is 3.15. The van der Waals surface area contributed by atoms with Crippen LogP contribution in [0.25, 0.3) is 22.8 Å². The Morgan fingerprint density at radius 2 is 1.53 bits per heavy atom. The quantitative estimate of drug-likeness (QED) is 0.349. The van der Waals surface area contributed by atoms with Gasteiger partial charge in [0, 0.05) is 11.1 Å². The second kappa shape index (κ2) is 8.38. The van der Waals surface area contributed by atoms with Crippen molar-refractivity contribution in [2.24, 2.45) is 0 Å². The summed E-state index contributed by atoms with van der Waals surface area (Å²) in [6, 6.07) is 23.5. The highest BCUT2D eigenvalue weighted by Gasteiger charge is 2.17. The molecule has 8 heteroatoms. The highest BCUT2D eigenvalue weighted by molar-refractivity contribution is 7.98. The van der Waals surface area contributed by atoms with Crippen molar-refractivity contribution in [3.63, 3.8) is 0 Å². The van der Waals surface area contributed by atoms with E-state index in [2.05, 4.69) is 20.4 Å². The molecule has 148 valence electrons. The maximum absolute atomic E-state index is 5.81. The molecule has 3 heterocycles. The Labute approximate surface area is 176 Å². The molecule has 0 atom stereocenters. The fourth-order valence-corrected chi connectivity index (χ4v) is 3.81. The maximum Gasteiger partial charge on any atom is 0.247 e. The van der Waals surface area contributed by atoms with Crippen LogP contribution in [-0.4, -0.2) is 25.0 Å². The minimum absolute atomic E-state index is 0.491. The first-order valence-electron chi connectivity index (χ1n) is 9.38. The first kappa shape index (κ1) is 18.4. The monoisotopic (exact) mass is 415 g/mol. The van der Waals surface area contributed by atoms with Crippen molar-refractivity contribution < 1.29 is 8.83 Å². The minimum Gasteiger partial charge on any atom is -0.467 e. The first-order valence-corrected chi connectivity index (χ1v) is 10.4. The summed E-state index contributed by atoms with van der Waals surface area (Å²) < 4.78 is 13.4. The van der Waals surface area contributed by atoms with E-state index in [4.69, 9.17) is 8.83 Å². The predicted molar refractivity (Wildman–Crippen MR) is 113 cm³/mol. The van der Waals surface area contributed by atoms with Gasteiger partial charge in [0.15, 0.2) is 11.0 Å². The topological polar surface area (TPSA) is 82.8 Å². The summed E-state index contributed by atoms with van der Waals surface area (Å²) in [6.45, 7) is 0.533. The number of thioether (sulfide) groups is 1. The molecule has 0 aliphatic carbocycles. The fraction of sp³-hybridized carbons (Fsp3) is 0.0909. The smallest absolute Gasteiger partial charge is 0.247 e. The van der Waals surface area contributed by atoms with Gasteiger partial charge in [-0.25, -0.2) is 0 Å². The molecule has 0 spiro atoms. The molecule has 3 aromatic heterocycles. The SMILES string of the molecule is c1ccc(-c2nnc(CSc3nnc(-c4ccccc4)n3Cc3ccco3)o2)cc1. The van der Waals surface area contributed by atoms with Crippen LogP contribution >= 0.6 is 11.8 Å². The van der Waals surface area contributed by atoms with Gasteiger partial charge in [0.2, 0.25) is 11.8 Å². The van der Waals surface area contributed by atoms with Crippen LogP contribution in [0.5, 0.6) is 0 Å². The second-order valence-corrected chi connectivity index (χ2v) is 7.44. The molecule has 30 heavy (non-hydrogen) atoms. The maximum atomic E-state index is 5.81. The largest absolute Gasteiger partial charge is 0.467 e. The fourth-order valence-electron chi connectivity index (χ4n) is 3.03.